The van der Waals surface area contributed by atoms with E-state index in [1.165, 1.54) is 43.3 Å². The van der Waals surface area contributed by atoms with Crippen molar-refractivity contribution in [2.45, 2.75) is 0 Å². The number of rotatable bonds is 2. The molecule has 3 heterocycles. The highest BCUT2D eigenvalue weighted by Crippen LogP contribution is 2.52. The first-order valence-corrected chi connectivity index (χ1v) is 18.4. The van der Waals surface area contributed by atoms with Crippen molar-refractivity contribution in [3.63, 3.8) is 0 Å². The van der Waals surface area contributed by atoms with Crippen LogP contribution in [0.1, 0.15) is 5.56 Å². The van der Waals surface area contributed by atoms with E-state index in [-0.39, 0.29) is 6.71 Å². The molecule has 0 radical (unpaired) electrons. The third-order valence-corrected chi connectivity index (χ3v) is 11.6. The van der Waals surface area contributed by atoms with Crippen LogP contribution in [0.2, 0.25) is 0 Å². The number of hydrogen-bond acceptors (Lipinski definition) is 4. The van der Waals surface area contributed by atoms with E-state index in [0.29, 0.717) is 5.56 Å². The minimum atomic E-state index is -0.0465. The molecule has 0 aliphatic carbocycles. The zero-order chi connectivity index (χ0) is 35.5. The van der Waals surface area contributed by atoms with Crippen molar-refractivity contribution in [3.8, 4) is 28.7 Å². The van der Waals surface area contributed by atoms with E-state index in [9.17, 15) is 5.26 Å². The highest BCUT2D eigenvalue weighted by molar-refractivity contribution is 7.01. The summed E-state index contributed by atoms with van der Waals surface area (Å²) in [6, 6.07) is 63.2. The van der Waals surface area contributed by atoms with E-state index in [1.807, 2.05) is 24.3 Å². The van der Waals surface area contributed by atoms with E-state index < -0.39 is 0 Å². The SMILES string of the molecule is N#Cc1cc2c3c(c1)N(c1ccc4ccccc4c1)c1cc4ccccc4cc1B3c1ccc(N3c4ccccc4Oc4ccccc43)c3cccc-2c13. The summed E-state index contributed by atoms with van der Waals surface area (Å²) in [5.41, 5.74) is 13.0. The van der Waals surface area contributed by atoms with E-state index in [4.69, 9.17) is 4.74 Å². The Morgan fingerprint density at radius 2 is 1.15 bits per heavy atom. The number of benzene rings is 9. The summed E-state index contributed by atoms with van der Waals surface area (Å²) >= 11 is 0. The molecule has 4 nitrogen and oxygen atoms in total. The Morgan fingerprint density at radius 1 is 0.463 bits per heavy atom. The lowest BCUT2D eigenvalue weighted by atomic mass is 9.32. The Bertz CT molecular complexity index is 3100. The topological polar surface area (TPSA) is 39.5 Å². The molecule has 0 N–H and O–H groups in total. The summed E-state index contributed by atoms with van der Waals surface area (Å²) in [4.78, 5) is 4.74. The number of fused-ring (bicyclic) bond motifs is 8. The van der Waals surface area contributed by atoms with Crippen molar-refractivity contribution >= 4 is 89.5 Å². The molecule has 3 aliphatic rings. The van der Waals surface area contributed by atoms with Crippen LogP contribution in [-0.4, -0.2) is 6.71 Å². The Kier molecular flexibility index (Phi) is 5.90. The van der Waals surface area contributed by atoms with Gasteiger partial charge in [-0.05, 0) is 110 Å². The fraction of sp³-hybridized carbons (Fsp3) is 0. The highest BCUT2D eigenvalue weighted by atomic mass is 16.5. The van der Waals surface area contributed by atoms with Crippen molar-refractivity contribution in [1.82, 2.24) is 0 Å². The minimum absolute atomic E-state index is 0.0465. The molecule has 0 spiro atoms. The zero-order valence-electron chi connectivity index (χ0n) is 29.0. The lowest BCUT2D eigenvalue weighted by molar-refractivity contribution is 0.477. The molecular weight excluding hydrogens is 657 g/mol. The molecule has 0 atom stereocenters. The average Bonchev–Trinajstić information content (AvgIpc) is 3.23. The van der Waals surface area contributed by atoms with Crippen LogP contribution in [0.5, 0.6) is 11.5 Å². The maximum absolute atomic E-state index is 10.6. The van der Waals surface area contributed by atoms with Gasteiger partial charge in [-0.3, -0.25) is 0 Å². The van der Waals surface area contributed by atoms with Gasteiger partial charge in [-0.15, -0.1) is 0 Å². The standard InChI is InChI=1S/C49H28BN3O/c51-29-30-24-38-36-14-9-15-37-41(53-42-16-5-7-18-46(42)54-47-19-8-6-17-43(47)53)23-22-39(48(36)37)50-40-27-33-12-3-4-13-34(33)28-44(40)52(45(25-30)49(38)50)35-21-20-31-10-1-2-11-32(31)26-35/h1-28H. The molecule has 0 fully saturated rings. The van der Waals surface area contributed by atoms with Crippen molar-refractivity contribution < 1.29 is 4.74 Å². The van der Waals surface area contributed by atoms with Crippen LogP contribution in [0.15, 0.2) is 170 Å². The third-order valence-electron chi connectivity index (χ3n) is 11.6. The van der Waals surface area contributed by atoms with E-state index >= 15 is 0 Å². The molecule has 54 heavy (non-hydrogen) atoms. The van der Waals surface area contributed by atoms with Gasteiger partial charge in [0, 0.05) is 22.4 Å². The summed E-state index contributed by atoms with van der Waals surface area (Å²) in [5.74, 6) is 1.65. The second-order valence-electron chi connectivity index (χ2n) is 14.4. The number of nitrogens with zero attached hydrogens (tertiary/aromatic N) is 3. The van der Waals surface area contributed by atoms with Crippen LogP contribution in [0, 0.1) is 11.3 Å². The lowest BCUT2D eigenvalue weighted by Gasteiger charge is -2.41. The van der Waals surface area contributed by atoms with Crippen LogP contribution in [0.25, 0.3) is 43.4 Å². The van der Waals surface area contributed by atoms with E-state index in [2.05, 4.69) is 161 Å². The number of ether oxygens (including phenoxy) is 1. The molecule has 0 saturated carbocycles. The molecule has 5 heteroatoms. The smallest absolute Gasteiger partial charge is 0.248 e. The van der Waals surface area contributed by atoms with Crippen LogP contribution in [0.4, 0.5) is 34.1 Å². The second-order valence-corrected chi connectivity index (χ2v) is 14.4. The summed E-state index contributed by atoms with van der Waals surface area (Å²) in [6.07, 6.45) is 0. The van der Waals surface area contributed by atoms with Gasteiger partial charge in [0.15, 0.2) is 11.5 Å². The summed E-state index contributed by atoms with van der Waals surface area (Å²) in [7, 11) is 0. The fourth-order valence-corrected chi connectivity index (χ4v) is 9.33. The van der Waals surface area contributed by atoms with Crippen molar-refractivity contribution in [2.75, 3.05) is 9.80 Å². The molecule has 248 valence electrons. The van der Waals surface area contributed by atoms with Crippen LogP contribution in [-0.2, 0) is 0 Å². The van der Waals surface area contributed by atoms with Gasteiger partial charge < -0.3 is 14.5 Å². The van der Waals surface area contributed by atoms with Crippen LogP contribution in [0.3, 0.4) is 0 Å². The molecule has 12 rings (SSSR count). The van der Waals surface area contributed by atoms with Gasteiger partial charge in [-0.1, -0.05) is 115 Å². The number of para-hydroxylation sites is 4. The lowest BCUT2D eigenvalue weighted by Crippen LogP contribution is -2.59. The summed E-state index contributed by atoms with van der Waals surface area (Å²) < 4.78 is 6.42. The first-order valence-electron chi connectivity index (χ1n) is 18.4. The Hall–Kier alpha value is -7.29. The molecule has 0 bridgehead atoms. The number of nitriles is 1. The molecular formula is C49H28BN3O. The quantitative estimate of drug-likeness (QED) is 0.170. The fourth-order valence-electron chi connectivity index (χ4n) is 9.33. The van der Waals surface area contributed by atoms with Gasteiger partial charge in [0.05, 0.1) is 28.7 Å². The van der Waals surface area contributed by atoms with Crippen molar-refractivity contribution in [2.24, 2.45) is 0 Å². The van der Waals surface area contributed by atoms with Crippen LogP contribution < -0.4 is 30.9 Å². The van der Waals surface area contributed by atoms with E-state index in [1.54, 1.807) is 0 Å². The van der Waals surface area contributed by atoms with Crippen LogP contribution >= 0.6 is 0 Å². The van der Waals surface area contributed by atoms with E-state index in [0.717, 1.165) is 62.1 Å². The molecule has 0 amide bonds. The molecule has 3 aliphatic heterocycles. The zero-order valence-corrected chi connectivity index (χ0v) is 29.0. The predicted octanol–water partition coefficient (Wildman–Crippen LogP) is 10.9. The van der Waals surface area contributed by atoms with Gasteiger partial charge in [0.25, 0.3) is 0 Å². The van der Waals surface area contributed by atoms with Crippen molar-refractivity contribution in [1.29, 1.82) is 5.26 Å². The molecule has 0 unspecified atom stereocenters. The van der Waals surface area contributed by atoms with Gasteiger partial charge in [0.1, 0.15) is 0 Å². The predicted molar refractivity (Wildman–Crippen MR) is 223 cm³/mol. The van der Waals surface area contributed by atoms with Gasteiger partial charge >= 0.3 is 0 Å². The highest BCUT2D eigenvalue weighted by Gasteiger charge is 2.42. The molecule has 9 aromatic rings. The molecule has 0 saturated heterocycles. The molecule has 9 aromatic carbocycles. The Morgan fingerprint density at radius 3 is 1.91 bits per heavy atom. The first-order chi connectivity index (χ1) is 26.7. The first kappa shape index (κ1) is 29.3. The van der Waals surface area contributed by atoms with Gasteiger partial charge in [-0.25, -0.2) is 0 Å². The monoisotopic (exact) mass is 685 g/mol. The normalized spacial score (nSPS) is 13.2. The maximum atomic E-state index is 10.6. The largest absolute Gasteiger partial charge is 0.453 e. The number of hydrogen-bond donors (Lipinski definition) is 0. The van der Waals surface area contributed by atoms with Crippen molar-refractivity contribution in [3.05, 3.63) is 175 Å². The third kappa shape index (κ3) is 3.97. The summed E-state index contributed by atoms with van der Waals surface area (Å²) in [6.45, 7) is -0.0465. The Balaban J connectivity index is 1.18. The van der Waals surface area contributed by atoms with Gasteiger partial charge in [0.2, 0.25) is 6.71 Å². The average molecular weight is 686 g/mol. The second kappa shape index (κ2) is 10.9. The Labute approximate surface area is 312 Å². The van der Waals surface area contributed by atoms with Gasteiger partial charge in [-0.2, -0.15) is 5.26 Å². The minimum Gasteiger partial charge on any atom is -0.453 e. The molecule has 0 aromatic heterocycles. The maximum Gasteiger partial charge on any atom is 0.248 e. The number of anilines is 6. The summed E-state index contributed by atoms with van der Waals surface area (Å²) in [5, 5.41) is 17.7.